The molecule has 232 valence electrons. The molecule has 10 atom stereocenters. The molecule has 6 aliphatic rings. The summed E-state index contributed by atoms with van der Waals surface area (Å²) in [5, 5.41) is 9.30. The van der Waals surface area contributed by atoms with Gasteiger partial charge in [-0.1, -0.05) is 34.1 Å². The van der Waals surface area contributed by atoms with Gasteiger partial charge < -0.3 is 9.84 Å². The van der Waals surface area contributed by atoms with Crippen molar-refractivity contribution < 1.29 is 39.0 Å². The Morgan fingerprint density at radius 3 is 2.34 bits per heavy atom. The van der Waals surface area contributed by atoms with Crippen LogP contribution in [0.4, 0.5) is 0 Å². The summed E-state index contributed by atoms with van der Waals surface area (Å²) in [6.07, 6.45) is 12.6. The van der Waals surface area contributed by atoms with Crippen LogP contribution in [0, 0.1) is 52.3 Å². The molecule has 0 aromatic rings. The van der Waals surface area contributed by atoms with Crippen LogP contribution in [0.1, 0.15) is 125 Å². The number of aliphatic carboxylic acids is 1. The number of fused-ring (bicyclic) bond motifs is 5. The third-order valence-electron chi connectivity index (χ3n) is 13.4. The smallest absolute Gasteiger partial charge is 0.303 e. The molecule has 6 rings (SSSR count). The van der Waals surface area contributed by atoms with Gasteiger partial charge in [0.05, 0.1) is 0 Å². The fraction of sp³-hybridized carbons (Fsp3) is 0.939. The van der Waals surface area contributed by atoms with Gasteiger partial charge in [0.15, 0.2) is 0 Å². The van der Waals surface area contributed by atoms with Gasteiger partial charge in [0, 0.05) is 44.4 Å². The molecule has 0 aromatic carbocycles. The number of carboxylic acids is 1. The zero-order chi connectivity index (χ0) is 29.2. The number of carbonyl (C=O) groups excluding carboxylic acids is 1. The van der Waals surface area contributed by atoms with E-state index in [1.165, 1.54) is 6.42 Å². The highest BCUT2D eigenvalue weighted by Crippen LogP contribution is 2.69. The van der Waals surface area contributed by atoms with Crippen LogP contribution in [0.5, 0.6) is 0 Å². The van der Waals surface area contributed by atoms with Crippen LogP contribution in [0.2, 0.25) is 0 Å². The second kappa shape index (κ2) is 10.7. The Hall–Kier alpha value is -1.22. The van der Waals surface area contributed by atoms with E-state index in [1.807, 2.05) is 0 Å². The SMILES string of the molecule is CC(=O)O[C@@H]1C[C@@H]2CC3(CC[C@]2(C)[C@H]2CC[C@]4(C)[C@@H]([C@H](C)CCC(=O)O)CC[C@H]4[C@H]12)OOC1(CCCCC1C)OO3. The lowest BCUT2D eigenvalue weighted by Gasteiger charge is -2.64. The van der Waals surface area contributed by atoms with E-state index in [0.717, 1.165) is 70.6 Å². The third-order valence-corrected chi connectivity index (χ3v) is 13.4. The first kappa shape index (κ1) is 29.8. The van der Waals surface area contributed by atoms with Crippen molar-refractivity contribution in [2.24, 2.45) is 52.3 Å². The zero-order valence-corrected chi connectivity index (χ0v) is 25.8. The minimum absolute atomic E-state index is 0.0981. The van der Waals surface area contributed by atoms with Crippen molar-refractivity contribution in [2.45, 2.75) is 142 Å². The van der Waals surface area contributed by atoms with E-state index in [1.54, 1.807) is 6.92 Å². The van der Waals surface area contributed by atoms with Gasteiger partial charge in [0.2, 0.25) is 11.6 Å². The molecule has 1 saturated heterocycles. The van der Waals surface area contributed by atoms with Gasteiger partial charge >= 0.3 is 11.9 Å². The van der Waals surface area contributed by atoms with Gasteiger partial charge in [-0.25, -0.2) is 0 Å². The Balaban J connectivity index is 1.22. The Bertz CT molecular complexity index is 1010. The molecular weight excluding hydrogens is 524 g/mol. The standard InChI is InChI=1S/C33H52O8/c1-20(9-12-28(35)36)24-10-11-25-29-26(13-15-31(24,25)5)30(4)16-17-32(19-23(30)18-27(29)37-22(3)34)38-40-33(41-39-32)14-7-6-8-21(33)2/h20-21,23-27,29H,6-19H2,1-5H3,(H,35,36)/t20-,21?,23-,24-,25+,26+,27-,29+,30+,31-,32?,33?/m1/s1. The molecule has 0 bridgehead atoms. The van der Waals surface area contributed by atoms with Crippen molar-refractivity contribution in [3.8, 4) is 0 Å². The lowest BCUT2D eigenvalue weighted by molar-refractivity contribution is -0.671. The first-order chi connectivity index (χ1) is 19.4. The topological polar surface area (TPSA) is 101 Å². The van der Waals surface area contributed by atoms with E-state index >= 15 is 0 Å². The van der Waals surface area contributed by atoms with Crippen LogP contribution in [0.3, 0.4) is 0 Å². The maximum Gasteiger partial charge on any atom is 0.303 e. The number of rotatable bonds is 5. The number of hydrogen-bond acceptors (Lipinski definition) is 7. The summed E-state index contributed by atoms with van der Waals surface area (Å²) in [7, 11) is 0. The summed E-state index contributed by atoms with van der Waals surface area (Å²) >= 11 is 0. The summed E-state index contributed by atoms with van der Waals surface area (Å²) in [5.74, 6) is 0.0108. The minimum Gasteiger partial charge on any atom is -0.481 e. The highest BCUT2D eigenvalue weighted by atomic mass is 17.4. The second-order valence-electron chi connectivity index (χ2n) is 15.4. The summed E-state index contributed by atoms with van der Waals surface area (Å²) in [6, 6.07) is 0. The van der Waals surface area contributed by atoms with E-state index in [2.05, 4.69) is 27.7 Å². The van der Waals surface area contributed by atoms with E-state index in [9.17, 15) is 14.7 Å². The molecule has 5 aliphatic carbocycles. The number of carboxylic acid groups (broad SMARTS) is 1. The fourth-order valence-corrected chi connectivity index (χ4v) is 11.0. The zero-order valence-electron chi connectivity index (χ0n) is 25.8. The Kier molecular flexibility index (Phi) is 7.82. The molecule has 0 radical (unpaired) electrons. The molecule has 8 heteroatoms. The summed E-state index contributed by atoms with van der Waals surface area (Å²) in [5.41, 5.74) is 0.250. The number of esters is 1. The van der Waals surface area contributed by atoms with Gasteiger partial charge in [-0.05, 0) is 98.2 Å². The van der Waals surface area contributed by atoms with Crippen LogP contribution < -0.4 is 0 Å². The van der Waals surface area contributed by atoms with Crippen molar-refractivity contribution >= 4 is 11.9 Å². The minimum atomic E-state index is -0.915. The lowest BCUT2D eigenvalue weighted by Crippen LogP contribution is -2.63. The number of carbonyl (C=O) groups is 2. The molecule has 0 aromatic heterocycles. The molecule has 1 aliphatic heterocycles. The second-order valence-corrected chi connectivity index (χ2v) is 15.4. The van der Waals surface area contributed by atoms with E-state index < -0.39 is 17.5 Å². The quantitative estimate of drug-likeness (QED) is 0.271. The molecule has 5 saturated carbocycles. The molecule has 2 spiro atoms. The van der Waals surface area contributed by atoms with Crippen molar-refractivity contribution in [3.63, 3.8) is 0 Å². The molecule has 1 N–H and O–H groups in total. The average molecular weight is 577 g/mol. The van der Waals surface area contributed by atoms with E-state index in [-0.39, 0.29) is 41.2 Å². The van der Waals surface area contributed by atoms with Crippen molar-refractivity contribution in [3.05, 3.63) is 0 Å². The summed E-state index contributed by atoms with van der Waals surface area (Å²) < 4.78 is 6.20. The molecule has 41 heavy (non-hydrogen) atoms. The van der Waals surface area contributed by atoms with Crippen molar-refractivity contribution in [1.82, 2.24) is 0 Å². The van der Waals surface area contributed by atoms with E-state index in [4.69, 9.17) is 24.3 Å². The van der Waals surface area contributed by atoms with Crippen molar-refractivity contribution in [1.29, 1.82) is 0 Å². The molecule has 1 unspecified atom stereocenters. The molecular formula is C33H52O8. The molecule has 1 heterocycles. The predicted molar refractivity (Wildman–Crippen MR) is 150 cm³/mol. The van der Waals surface area contributed by atoms with Crippen LogP contribution in [0.25, 0.3) is 0 Å². The first-order valence-corrected chi connectivity index (χ1v) is 16.5. The first-order valence-electron chi connectivity index (χ1n) is 16.5. The summed E-state index contributed by atoms with van der Waals surface area (Å²) in [4.78, 5) is 48.3. The Morgan fingerprint density at radius 1 is 0.927 bits per heavy atom. The highest BCUT2D eigenvalue weighted by molar-refractivity contribution is 5.66. The molecule has 6 fully saturated rings. The fourth-order valence-electron chi connectivity index (χ4n) is 11.0. The van der Waals surface area contributed by atoms with Gasteiger partial charge in [0.25, 0.3) is 0 Å². The average Bonchev–Trinajstić information content (AvgIpc) is 3.28. The Labute approximate surface area is 245 Å². The van der Waals surface area contributed by atoms with Crippen LogP contribution in [-0.4, -0.2) is 34.7 Å². The normalized spacial score (nSPS) is 50.0. The maximum absolute atomic E-state index is 12.5. The molecule has 8 nitrogen and oxygen atoms in total. The number of ether oxygens (including phenoxy) is 1. The van der Waals surface area contributed by atoms with Crippen LogP contribution in [0.15, 0.2) is 0 Å². The lowest BCUT2D eigenvalue weighted by atomic mass is 9.43. The van der Waals surface area contributed by atoms with Gasteiger partial charge in [-0.15, -0.1) is 0 Å². The third kappa shape index (κ3) is 4.97. The van der Waals surface area contributed by atoms with Crippen molar-refractivity contribution in [2.75, 3.05) is 0 Å². The molecule has 0 amide bonds. The van der Waals surface area contributed by atoms with Crippen LogP contribution in [-0.2, 0) is 33.9 Å². The summed E-state index contributed by atoms with van der Waals surface area (Å²) in [6.45, 7) is 10.9. The number of hydrogen-bond donors (Lipinski definition) is 1. The van der Waals surface area contributed by atoms with Gasteiger partial charge in [-0.3, -0.25) is 9.59 Å². The Morgan fingerprint density at radius 2 is 1.66 bits per heavy atom. The van der Waals surface area contributed by atoms with Gasteiger partial charge in [0.1, 0.15) is 6.10 Å². The van der Waals surface area contributed by atoms with E-state index in [0.29, 0.717) is 36.0 Å². The maximum atomic E-state index is 12.5. The highest BCUT2D eigenvalue weighted by Gasteiger charge is 2.66. The van der Waals surface area contributed by atoms with Crippen LogP contribution >= 0.6 is 0 Å². The van der Waals surface area contributed by atoms with Gasteiger partial charge in [-0.2, -0.15) is 19.6 Å². The largest absolute Gasteiger partial charge is 0.481 e. The monoisotopic (exact) mass is 576 g/mol. The predicted octanol–water partition coefficient (Wildman–Crippen LogP) is 7.20.